The quantitative estimate of drug-likeness (QED) is 0.780. The van der Waals surface area contributed by atoms with Crippen LogP contribution < -0.4 is 4.83 Å². The van der Waals surface area contributed by atoms with Crippen LogP contribution in [0.3, 0.4) is 0 Å². The van der Waals surface area contributed by atoms with Gasteiger partial charge in [-0.25, -0.2) is 4.83 Å². The SMILES string of the molecule is Cc1ccc(S(=O)(=O)Nn2ccc(C)c2-c2cccc(C)c2)cc1. The number of hydrogen-bond donors (Lipinski definition) is 1. The van der Waals surface area contributed by atoms with Gasteiger partial charge in [-0.3, -0.25) is 4.68 Å². The molecule has 0 saturated carbocycles. The Kier molecular flexibility index (Phi) is 4.20. The van der Waals surface area contributed by atoms with E-state index >= 15 is 0 Å². The third kappa shape index (κ3) is 3.21. The highest BCUT2D eigenvalue weighted by atomic mass is 32.2. The average molecular weight is 340 g/mol. The van der Waals surface area contributed by atoms with Crippen molar-refractivity contribution in [2.24, 2.45) is 0 Å². The van der Waals surface area contributed by atoms with E-state index in [9.17, 15) is 8.42 Å². The van der Waals surface area contributed by atoms with Gasteiger partial charge in [-0.05, 0) is 50.6 Å². The van der Waals surface area contributed by atoms with Crippen molar-refractivity contribution < 1.29 is 8.42 Å². The molecule has 0 aliphatic carbocycles. The standard InChI is InChI=1S/C19H20N2O2S/c1-14-7-9-18(10-8-14)24(22,23)20-21-12-11-16(3)19(21)17-6-4-5-15(2)13-17/h4-13,20H,1-3H3. The van der Waals surface area contributed by atoms with Crippen molar-refractivity contribution in [1.82, 2.24) is 4.68 Å². The van der Waals surface area contributed by atoms with E-state index in [2.05, 4.69) is 4.83 Å². The monoisotopic (exact) mass is 340 g/mol. The van der Waals surface area contributed by atoms with Crippen LogP contribution in [0.2, 0.25) is 0 Å². The van der Waals surface area contributed by atoms with E-state index in [-0.39, 0.29) is 4.90 Å². The highest BCUT2D eigenvalue weighted by Gasteiger charge is 2.17. The van der Waals surface area contributed by atoms with E-state index in [4.69, 9.17) is 0 Å². The molecule has 4 nitrogen and oxygen atoms in total. The van der Waals surface area contributed by atoms with Gasteiger partial charge in [-0.15, -0.1) is 0 Å². The van der Waals surface area contributed by atoms with E-state index in [1.807, 2.05) is 51.1 Å². The number of aromatic nitrogens is 1. The first-order chi connectivity index (χ1) is 11.4. The molecule has 1 aromatic heterocycles. The maximum Gasteiger partial charge on any atom is 0.275 e. The maximum atomic E-state index is 12.6. The minimum Gasteiger partial charge on any atom is -0.253 e. The van der Waals surface area contributed by atoms with E-state index < -0.39 is 10.0 Å². The smallest absolute Gasteiger partial charge is 0.253 e. The van der Waals surface area contributed by atoms with Crippen molar-refractivity contribution in [2.75, 3.05) is 4.83 Å². The molecule has 1 N–H and O–H groups in total. The van der Waals surface area contributed by atoms with Crippen LogP contribution in [-0.4, -0.2) is 13.1 Å². The van der Waals surface area contributed by atoms with Crippen molar-refractivity contribution in [3.05, 3.63) is 77.5 Å². The lowest BCUT2D eigenvalue weighted by atomic mass is 10.1. The number of nitrogens with one attached hydrogen (secondary N) is 1. The van der Waals surface area contributed by atoms with Gasteiger partial charge in [0.05, 0.1) is 10.6 Å². The Hall–Kier alpha value is -2.53. The first kappa shape index (κ1) is 16.3. The van der Waals surface area contributed by atoms with Crippen molar-refractivity contribution in [3.8, 4) is 11.3 Å². The van der Waals surface area contributed by atoms with Gasteiger partial charge < -0.3 is 0 Å². The van der Waals surface area contributed by atoms with Gasteiger partial charge >= 0.3 is 0 Å². The van der Waals surface area contributed by atoms with Crippen LogP contribution in [0, 0.1) is 20.8 Å². The van der Waals surface area contributed by atoms with Crippen LogP contribution in [0.5, 0.6) is 0 Å². The molecule has 3 aromatic rings. The summed E-state index contributed by atoms with van der Waals surface area (Å²) in [5, 5.41) is 0. The van der Waals surface area contributed by atoms with E-state index in [1.165, 1.54) is 0 Å². The fourth-order valence-electron chi connectivity index (χ4n) is 2.66. The number of sulfonamides is 1. The van der Waals surface area contributed by atoms with Crippen molar-refractivity contribution in [2.45, 2.75) is 25.7 Å². The Labute approximate surface area is 142 Å². The molecule has 1 heterocycles. The third-order valence-corrected chi connectivity index (χ3v) is 5.26. The zero-order valence-electron chi connectivity index (χ0n) is 13.9. The van der Waals surface area contributed by atoms with E-state index in [0.29, 0.717) is 0 Å². The molecule has 5 heteroatoms. The Bertz CT molecular complexity index is 971. The Morgan fingerprint density at radius 3 is 2.25 bits per heavy atom. The Balaban J connectivity index is 2.01. The van der Waals surface area contributed by atoms with Crippen LogP contribution in [0.25, 0.3) is 11.3 Å². The number of rotatable bonds is 4. The molecule has 0 bridgehead atoms. The molecule has 0 unspecified atom stereocenters. The van der Waals surface area contributed by atoms with E-state index in [1.54, 1.807) is 35.1 Å². The fourth-order valence-corrected chi connectivity index (χ4v) is 3.68. The predicted molar refractivity (Wildman–Crippen MR) is 97.1 cm³/mol. The Morgan fingerprint density at radius 2 is 1.58 bits per heavy atom. The van der Waals surface area contributed by atoms with Crippen LogP contribution in [-0.2, 0) is 10.0 Å². The summed E-state index contributed by atoms with van der Waals surface area (Å²) in [5.74, 6) is 0. The molecule has 0 spiro atoms. The van der Waals surface area contributed by atoms with Crippen LogP contribution in [0.1, 0.15) is 16.7 Å². The van der Waals surface area contributed by atoms with Gasteiger partial charge in [0.2, 0.25) is 0 Å². The topological polar surface area (TPSA) is 51.1 Å². The molecule has 24 heavy (non-hydrogen) atoms. The molecule has 0 atom stereocenters. The zero-order valence-corrected chi connectivity index (χ0v) is 14.8. The molecule has 0 amide bonds. The lowest BCUT2D eigenvalue weighted by molar-refractivity contribution is 0.595. The van der Waals surface area contributed by atoms with Crippen molar-refractivity contribution in [3.63, 3.8) is 0 Å². The third-order valence-electron chi connectivity index (χ3n) is 3.93. The molecule has 2 aromatic carbocycles. The summed E-state index contributed by atoms with van der Waals surface area (Å²) >= 11 is 0. The number of aryl methyl sites for hydroxylation is 3. The summed E-state index contributed by atoms with van der Waals surface area (Å²) in [7, 11) is -3.64. The lowest BCUT2D eigenvalue weighted by Gasteiger charge is -2.14. The minimum atomic E-state index is -3.64. The molecule has 0 aliphatic rings. The van der Waals surface area contributed by atoms with Gasteiger partial charge in [0.1, 0.15) is 0 Å². The molecule has 0 fully saturated rings. The summed E-state index contributed by atoms with van der Waals surface area (Å²) in [6, 6.07) is 16.7. The summed E-state index contributed by atoms with van der Waals surface area (Å²) in [5.41, 5.74) is 4.97. The highest BCUT2D eigenvalue weighted by molar-refractivity contribution is 7.92. The maximum absolute atomic E-state index is 12.6. The minimum absolute atomic E-state index is 0.245. The highest BCUT2D eigenvalue weighted by Crippen LogP contribution is 2.25. The molecule has 3 rings (SSSR count). The predicted octanol–water partition coefficient (Wildman–Crippen LogP) is 4.01. The molecule has 0 saturated heterocycles. The summed E-state index contributed by atoms with van der Waals surface area (Å²) in [6.07, 6.45) is 1.73. The second-order valence-corrected chi connectivity index (χ2v) is 7.66. The van der Waals surface area contributed by atoms with Crippen molar-refractivity contribution >= 4 is 10.0 Å². The normalized spacial score (nSPS) is 11.5. The largest absolute Gasteiger partial charge is 0.275 e. The van der Waals surface area contributed by atoms with Crippen LogP contribution in [0.4, 0.5) is 0 Å². The van der Waals surface area contributed by atoms with Crippen LogP contribution in [0.15, 0.2) is 65.7 Å². The first-order valence-corrected chi connectivity index (χ1v) is 9.19. The zero-order chi connectivity index (χ0) is 17.3. The Morgan fingerprint density at radius 1 is 0.875 bits per heavy atom. The van der Waals surface area contributed by atoms with Crippen molar-refractivity contribution in [1.29, 1.82) is 0 Å². The summed E-state index contributed by atoms with van der Waals surface area (Å²) < 4.78 is 26.9. The number of nitrogens with zero attached hydrogens (tertiary/aromatic N) is 1. The molecular weight excluding hydrogens is 320 g/mol. The summed E-state index contributed by atoms with van der Waals surface area (Å²) in [6.45, 7) is 5.91. The van der Waals surface area contributed by atoms with Gasteiger partial charge in [-0.1, -0.05) is 41.5 Å². The van der Waals surface area contributed by atoms with Gasteiger partial charge in [0, 0.05) is 11.8 Å². The van der Waals surface area contributed by atoms with Gasteiger partial charge in [0.25, 0.3) is 10.0 Å². The molecule has 0 radical (unpaired) electrons. The molecule has 0 aliphatic heterocycles. The second kappa shape index (κ2) is 6.17. The lowest BCUT2D eigenvalue weighted by Crippen LogP contribution is -2.23. The number of hydrogen-bond acceptors (Lipinski definition) is 2. The first-order valence-electron chi connectivity index (χ1n) is 7.71. The molecule has 124 valence electrons. The summed E-state index contributed by atoms with van der Waals surface area (Å²) in [4.78, 5) is 2.90. The van der Waals surface area contributed by atoms with Gasteiger partial charge in [-0.2, -0.15) is 8.42 Å². The fraction of sp³-hybridized carbons (Fsp3) is 0.158. The van der Waals surface area contributed by atoms with E-state index in [0.717, 1.165) is 27.9 Å². The van der Waals surface area contributed by atoms with Gasteiger partial charge in [0.15, 0.2) is 0 Å². The average Bonchev–Trinajstić information content (AvgIpc) is 2.87. The van der Waals surface area contributed by atoms with Crippen LogP contribution >= 0.6 is 0 Å². The second-order valence-electron chi connectivity index (χ2n) is 5.99. The number of benzene rings is 2. The molecular formula is C19H20N2O2S.